The Bertz CT molecular complexity index is 507. The number of hydrogen-bond donors (Lipinski definition) is 2. The van der Waals surface area contributed by atoms with Crippen LogP contribution in [0.2, 0.25) is 0 Å². The van der Waals surface area contributed by atoms with Gasteiger partial charge in [0.1, 0.15) is 0 Å². The summed E-state index contributed by atoms with van der Waals surface area (Å²) in [6.45, 7) is 1.87. The Kier molecular flexibility index (Phi) is 3.20. The second kappa shape index (κ2) is 4.43. The van der Waals surface area contributed by atoms with Gasteiger partial charge in [0, 0.05) is 11.2 Å². The van der Waals surface area contributed by atoms with E-state index in [1.807, 2.05) is 6.92 Å². The summed E-state index contributed by atoms with van der Waals surface area (Å²) in [6.07, 6.45) is -1.81. The number of carbonyl (C=O) groups excluding carboxylic acids is 1. The summed E-state index contributed by atoms with van der Waals surface area (Å²) in [4.78, 5) is 12.0. The standard InChI is InChI=1S/C13H15F3N2O/c1-12(5-2-6-12)18-11(19)9-7-8(13(14,15)16)3-4-10(9)17/h3-4,7H,2,5-6,17H2,1H3,(H,18,19). The van der Waals surface area contributed by atoms with Crippen LogP contribution < -0.4 is 11.1 Å². The number of benzene rings is 1. The Morgan fingerprint density at radius 1 is 1.37 bits per heavy atom. The maximum absolute atomic E-state index is 12.6. The highest BCUT2D eigenvalue weighted by atomic mass is 19.4. The molecule has 1 amide bonds. The zero-order valence-electron chi connectivity index (χ0n) is 10.5. The lowest BCUT2D eigenvalue weighted by Gasteiger charge is -2.39. The fourth-order valence-electron chi connectivity index (χ4n) is 2.10. The van der Waals surface area contributed by atoms with Crippen molar-refractivity contribution in [1.82, 2.24) is 5.32 Å². The Morgan fingerprint density at radius 2 is 2.00 bits per heavy atom. The van der Waals surface area contributed by atoms with Crippen LogP contribution in [-0.2, 0) is 6.18 Å². The van der Waals surface area contributed by atoms with Gasteiger partial charge >= 0.3 is 6.18 Å². The van der Waals surface area contributed by atoms with Crippen molar-refractivity contribution in [3.63, 3.8) is 0 Å². The van der Waals surface area contributed by atoms with Gasteiger partial charge in [0.05, 0.1) is 11.1 Å². The van der Waals surface area contributed by atoms with Crippen molar-refractivity contribution in [3.05, 3.63) is 29.3 Å². The molecule has 0 atom stereocenters. The summed E-state index contributed by atoms with van der Waals surface area (Å²) in [5, 5.41) is 2.74. The minimum Gasteiger partial charge on any atom is -0.398 e. The molecule has 1 saturated carbocycles. The molecule has 0 unspecified atom stereocenters. The highest BCUT2D eigenvalue weighted by molar-refractivity contribution is 5.99. The van der Waals surface area contributed by atoms with Crippen LogP contribution in [0.5, 0.6) is 0 Å². The number of carbonyl (C=O) groups is 1. The molecular formula is C13H15F3N2O. The maximum atomic E-state index is 12.6. The molecule has 0 aliphatic heterocycles. The summed E-state index contributed by atoms with van der Waals surface area (Å²) in [5.74, 6) is -0.550. The molecule has 1 aromatic rings. The Hall–Kier alpha value is -1.72. The van der Waals surface area contributed by atoms with Crippen LogP contribution >= 0.6 is 0 Å². The van der Waals surface area contributed by atoms with E-state index >= 15 is 0 Å². The number of rotatable bonds is 2. The van der Waals surface area contributed by atoms with Crippen molar-refractivity contribution in [3.8, 4) is 0 Å². The molecule has 0 aromatic heterocycles. The monoisotopic (exact) mass is 272 g/mol. The lowest BCUT2D eigenvalue weighted by molar-refractivity contribution is -0.137. The van der Waals surface area contributed by atoms with Crippen molar-refractivity contribution in [2.24, 2.45) is 0 Å². The summed E-state index contributed by atoms with van der Waals surface area (Å²) in [5.41, 5.74) is 4.32. The van der Waals surface area contributed by atoms with E-state index in [9.17, 15) is 18.0 Å². The second-order valence-corrected chi connectivity index (χ2v) is 5.17. The van der Waals surface area contributed by atoms with Gasteiger partial charge in [-0.15, -0.1) is 0 Å². The Labute approximate surface area is 109 Å². The summed E-state index contributed by atoms with van der Waals surface area (Å²) >= 11 is 0. The third-order valence-electron chi connectivity index (χ3n) is 3.50. The lowest BCUT2D eigenvalue weighted by atomic mass is 9.78. The molecule has 1 fully saturated rings. The number of nitrogen functional groups attached to an aromatic ring is 1. The second-order valence-electron chi connectivity index (χ2n) is 5.17. The minimum atomic E-state index is -4.48. The molecule has 6 heteroatoms. The zero-order valence-corrected chi connectivity index (χ0v) is 10.5. The van der Waals surface area contributed by atoms with Gasteiger partial charge in [-0.1, -0.05) is 0 Å². The van der Waals surface area contributed by atoms with Crippen molar-refractivity contribution >= 4 is 11.6 Å². The average Bonchev–Trinajstić information content (AvgIpc) is 2.25. The Balaban J connectivity index is 2.25. The van der Waals surface area contributed by atoms with Crippen LogP contribution in [0.3, 0.4) is 0 Å². The largest absolute Gasteiger partial charge is 0.416 e. The Morgan fingerprint density at radius 3 is 2.47 bits per heavy atom. The summed E-state index contributed by atoms with van der Waals surface area (Å²) < 4.78 is 37.8. The number of alkyl halides is 3. The number of nitrogens with two attached hydrogens (primary N) is 1. The third kappa shape index (κ3) is 2.83. The first-order valence-corrected chi connectivity index (χ1v) is 6.00. The predicted octanol–water partition coefficient (Wildman–Crippen LogP) is 2.96. The van der Waals surface area contributed by atoms with Crippen LogP contribution in [0.4, 0.5) is 18.9 Å². The predicted molar refractivity (Wildman–Crippen MR) is 65.6 cm³/mol. The topological polar surface area (TPSA) is 55.1 Å². The van der Waals surface area contributed by atoms with Crippen LogP contribution in [0.1, 0.15) is 42.1 Å². The maximum Gasteiger partial charge on any atom is 0.416 e. The molecule has 2 rings (SSSR count). The van der Waals surface area contributed by atoms with Crippen LogP contribution in [-0.4, -0.2) is 11.4 Å². The van der Waals surface area contributed by atoms with Crippen molar-refractivity contribution < 1.29 is 18.0 Å². The first kappa shape index (κ1) is 13.7. The first-order valence-electron chi connectivity index (χ1n) is 6.00. The van der Waals surface area contributed by atoms with Gasteiger partial charge in [-0.3, -0.25) is 4.79 Å². The molecule has 1 aromatic carbocycles. The normalized spacial score (nSPS) is 17.7. The molecule has 0 heterocycles. The van der Waals surface area contributed by atoms with Crippen molar-refractivity contribution in [2.75, 3.05) is 5.73 Å². The van der Waals surface area contributed by atoms with E-state index < -0.39 is 17.6 Å². The SMILES string of the molecule is CC1(NC(=O)c2cc(C(F)(F)F)ccc2N)CCC1. The zero-order chi connectivity index (χ0) is 14.3. The van der Waals surface area contributed by atoms with E-state index in [0.29, 0.717) is 0 Å². The molecular weight excluding hydrogens is 257 g/mol. The molecule has 3 nitrogen and oxygen atoms in total. The summed E-state index contributed by atoms with van der Waals surface area (Å²) in [7, 11) is 0. The molecule has 0 spiro atoms. The highest BCUT2D eigenvalue weighted by Crippen LogP contribution is 2.33. The molecule has 19 heavy (non-hydrogen) atoms. The summed E-state index contributed by atoms with van der Waals surface area (Å²) in [6, 6.07) is 2.78. The van der Waals surface area contributed by atoms with Crippen molar-refractivity contribution in [2.45, 2.75) is 37.9 Å². The van der Waals surface area contributed by atoms with Crippen LogP contribution in [0, 0.1) is 0 Å². The van der Waals surface area contributed by atoms with Gasteiger partial charge in [-0.25, -0.2) is 0 Å². The van der Waals surface area contributed by atoms with Crippen LogP contribution in [0.15, 0.2) is 18.2 Å². The third-order valence-corrected chi connectivity index (χ3v) is 3.50. The molecule has 104 valence electrons. The molecule has 3 N–H and O–H groups in total. The minimum absolute atomic E-state index is 0.0495. The fraction of sp³-hybridized carbons (Fsp3) is 0.462. The molecule has 0 bridgehead atoms. The lowest BCUT2D eigenvalue weighted by Crippen LogP contribution is -2.51. The van der Waals surface area contributed by atoms with E-state index in [-0.39, 0.29) is 16.8 Å². The highest BCUT2D eigenvalue weighted by Gasteiger charge is 2.35. The number of hydrogen-bond acceptors (Lipinski definition) is 2. The average molecular weight is 272 g/mol. The quantitative estimate of drug-likeness (QED) is 0.813. The van der Waals surface area contributed by atoms with Crippen molar-refractivity contribution in [1.29, 1.82) is 0 Å². The fourth-order valence-corrected chi connectivity index (χ4v) is 2.10. The van der Waals surface area contributed by atoms with Gasteiger partial charge in [0.2, 0.25) is 0 Å². The number of anilines is 1. The molecule has 1 aliphatic carbocycles. The molecule has 0 saturated heterocycles. The molecule has 1 aliphatic rings. The van der Waals surface area contributed by atoms with Crippen LogP contribution in [0.25, 0.3) is 0 Å². The van der Waals surface area contributed by atoms with E-state index in [1.165, 1.54) is 0 Å². The van der Waals surface area contributed by atoms with E-state index in [4.69, 9.17) is 5.73 Å². The van der Waals surface area contributed by atoms with E-state index in [1.54, 1.807) is 0 Å². The smallest absolute Gasteiger partial charge is 0.398 e. The number of nitrogens with one attached hydrogen (secondary N) is 1. The van der Waals surface area contributed by atoms with E-state index in [0.717, 1.165) is 37.5 Å². The van der Waals surface area contributed by atoms with E-state index in [2.05, 4.69) is 5.32 Å². The molecule has 0 radical (unpaired) electrons. The first-order chi connectivity index (χ1) is 8.71. The van der Waals surface area contributed by atoms with Gasteiger partial charge in [-0.05, 0) is 44.4 Å². The number of halogens is 3. The number of amides is 1. The van der Waals surface area contributed by atoms with Gasteiger partial charge in [0.15, 0.2) is 0 Å². The van der Waals surface area contributed by atoms with Gasteiger partial charge in [-0.2, -0.15) is 13.2 Å². The van der Waals surface area contributed by atoms with Gasteiger partial charge in [0.25, 0.3) is 5.91 Å². The van der Waals surface area contributed by atoms with Gasteiger partial charge < -0.3 is 11.1 Å².